The molecule has 0 rings (SSSR count). The maximum atomic E-state index is 12.8. The van der Waals surface area contributed by atoms with Crippen molar-refractivity contribution in [2.24, 2.45) is 5.41 Å². The molecule has 0 bridgehead atoms. The molecular weight excluding hydrogens is 679 g/mol. The summed E-state index contributed by atoms with van der Waals surface area (Å²) in [5, 5.41) is 3.00. The lowest BCUT2D eigenvalue weighted by Gasteiger charge is -2.39. The number of hydrogen-bond donors (Lipinski definition) is 1. The SMILES string of the molecule is CCCCCC=CCC=CCCCCCCCCC(CCCCCCCCC=CCC=CCCCCC)(CNC(=O)OC(C)(C)C)C(C)OS(C)(=O)=O. The molecule has 0 heterocycles. The number of ether oxygens (including phenoxy) is 1. The largest absolute Gasteiger partial charge is 0.444 e. The number of rotatable bonds is 35. The van der Waals surface area contributed by atoms with Crippen molar-refractivity contribution in [3.05, 3.63) is 48.6 Å². The molecule has 0 aromatic carbocycles. The first-order valence-corrected chi connectivity index (χ1v) is 23.6. The quantitative estimate of drug-likeness (QED) is 0.0395. The van der Waals surface area contributed by atoms with E-state index in [1.807, 2.05) is 27.7 Å². The molecule has 1 unspecified atom stereocenters. The van der Waals surface area contributed by atoms with Gasteiger partial charge < -0.3 is 10.1 Å². The summed E-state index contributed by atoms with van der Waals surface area (Å²) in [6.07, 6.45) is 48.4. The summed E-state index contributed by atoms with van der Waals surface area (Å²) in [5.74, 6) is 0. The van der Waals surface area contributed by atoms with Gasteiger partial charge in [-0.1, -0.05) is 152 Å². The molecule has 0 aliphatic carbocycles. The Labute approximate surface area is 329 Å². The predicted molar refractivity (Wildman–Crippen MR) is 230 cm³/mol. The van der Waals surface area contributed by atoms with E-state index < -0.39 is 33.3 Å². The summed E-state index contributed by atoms with van der Waals surface area (Å²) in [7, 11) is -3.66. The van der Waals surface area contributed by atoms with Crippen molar-refractivity contribution < 1.29 is 22.1 Å². The second-order valence-corrected chi connectivity index (χ2v) is 17.9. The van der Waals surface area contributed by atoms with Gasteiger partial charge in [0, 0.05) is 12.0 Å². The van der Waals surface area contributed by atoms with Crippen molar-refractivity contribution in [2.45, 2.75) is 220 Å². The van der Waals surface area contributed by atoms with Gasteiger partial charge in [0.2, 0.25) is 0 Å². The van der Waals surface area contributed by atoms with Crippen LogP contribution < -0.4 is 5.32 Å². The molecule has 0 saturated carbocycles. The van der Waals surface area contributed by atoms with E-state index in [0.29, 0.717) is 6.54 Å². The highest BCUT2D eigenvalue weighted by Crippen LogP contribution is 2.38. The number of allylic oxidation sites excluding steroid dienone is 8. The van der Waals surface area contributed by atoms with Gasteiger partial charge in [-0.25, -0.2) is 4.79 Å². The number of nitrogens with one attached hydrogen (secondary N) is 1. The number of alkyl carbamates (subject to hydrolysis) is 1. The fraction of sp³-hybridized carbons (Fsp3) is 0.804. The van der Waals surface area contributed by atoms with Crippen molar-refractivity contribution in [3.8, 4) is 0 Å². The second kappa shape index (κ2) is 33.5. The van der Waals surface area contributed by atoms with Gasteiger partial charge in [0.25, 0.3) is 10.1 Å². The highest BCUT2D eigenvalue weighted by atomic mass is 32.2. The average molecular weight is 764 g/mol. The molecule has 0 aliphatic heterocycles. The zero-order chi connectivity index (χ0) is 39.5. The molecule has 0 spiro atoms. The Morgan fingerprint density at radius 1 is 0.585 bits per heavy atom. The van der Waals surface area contributed by atoms with E-state index in [4.69, 9.17) is 8.92 Å². The van der Waals surface area contributed by atoms with Gasteiger partial charge in [-0.05, 0) is 105 Å². The zero-order valence-corrected chi connectivity index (χ0v) is 36.6. The van der Waals surface area contributed by atoms with Crippen LogP contribution in [-0.2, 0) is 19.0 Å². The van der Waals surface area contributed by atoms with Crippen LogP contribution in [0, 0.1) is 5.41 Å². The van der Waals surface area contributed by atoms with Gasteiger partial charge in [-0.3, -0.25) is 4.18 Å². The highest BCUT2D eigenvalue weighted by molar-refractivity contribution is 7.86. The van der Waals surface area contributed by atoms with Gasteiger partial charge in [0.15, 0.2) is 0 Å². The minimum Gasteiger partial charge on any atom is -0.444 e. The topological polar surface area (TPSA) is 81.7 Å². The van der Waals surface area contributed by atoms with Gasteiger partial charge in [0.1, 0.15) is 5.60 Å². The van der Waals surface area contributed by atoms with E-state index in [0.717, 1.165) is 83.3 Å². The zero-order valence-electron chi connectivity index (χ0n) is 35.7. The second-order valence-electron chi connectivity index (χ2n) is 16.3. The van der Waals surface area contributed by atoms with Gasteiger partial charge >= 0.3 is 6.09 Å². The Balaban J connectivity index is 4.92. The van der Waals surface area contributed by atoms with Crippen LogP contribution in [-0.4, -0.2) is 39.0 Å². The summed E-state index contributed by atoms with van der Waals surface area (Å²) >= 11 is 0. The van der Waals surface area contributed by atoms with E-state index >= 15 is 0 Å². The Bertz CT molecular complexity index is 1040. The standard InChI is InChI=1S/C46H85NO5S/c1-8-10-12-14-16-18-20-22-24-26-28-30-32-34-36-38-40-46(43(3)52-53(7,49)50,42-47-44(48)51-45(4,5)6)41-39-37-35-33-31-29-27-25-23-21-19-17-15-13-11-9-2/h16-19,22-25,43H,8-15,20-21,26-42H2,1-7H3,(H,47,48). The van der Waals surface area contributed by atoms with Gasteiger partial charge in [-0.15, -0.1) is 0 Å². The molecule has 0 saturated heterocycles. The fourth-order valence-electron chi connectivity index (χ4n) is 6.71. The first-order chi connectivity index (χ1) is 25.4. The van der Waals surface area contributed by atoms with Crippen molar-refractivity contribution in [1.82, 2.24) is 5.32 Å². The average Bonchev–Trinajstić information content (AvgIpc) is 3.08. The third-order valence-electron chi connectivity index (χ3n) is 9.92. The van der Waals surface area contributed by atoms with E-state index in [-0.39, 0.29) is 0 Å². The summed E-state index contributed by atoms with van der Waals surface area (Å²) in [6, 6.07) is 0. The summed E-state index contributed by atoms with van der Waals surface area (Å²) in [5.41, 5.74) is -1.10. The minimum atomic E-state index is -3.66. The van der Waals surface area contributed by atoms with Crippen molar-refractivity contribution in [2.75, 3.05) is 12.8 Å². The lowest BCUT2D eigenvalue weighted by atomic mass is 9.73. The van der Waals surface area contributed by atoms with E-state index in [1.165, 1.54) is 89.9 Å². The van der Waals surface area contributed by atoms with Gasteiger partial charge in [0.05, 0.1) is 12.4 Å². The lowest BCUT2D eigenvalue weighted by Crippen LogP contribution is -2.47. The smallest absolute Gasteiger partial charge is 0.407 e. The van der Waals surface area contributed by atoms with Crippen LogP contribution in [0.4, 0.5) is 4.79 Å². The molecule has 7 heteroatoms. The van der Waals surface area contributed by atoms with Crippen LogP contribution in [0.3, 0.4) is 0 Å². The lowest BCUT2D eigenvalue weighted by molar-refractivity contribution is 0.0283. The Hall–Kier alpha value is -1.86. The van der Waals surface area contributed by atoms with E-state index in [2.05, 4.69) is 67.8 Å². The molecule has 1 amide bonds. The van der Waals surface area contributed by atoms with Crippen molar-refractivity contribution in [1.29, 1.82) is 0 Å². The number of carbonyl (C=O) groups is 1. The minimum absolute atomic E-state index is 0.332. The molecule has 6 nitrogen and oxygen atoms in total. The number of hydrogen-bond acceptors (Lipinski definition) is 5. The van der Waals surface area contributed by atoms with Gasteiger partial charge in [-0.2, -0.15) is 8.42 Å². The van der Waals surface area contributed by atoms with Crippen LogP contribution in [0.25, 0.3) is 0 Å². The Morgan fingerprint density at radius 3 is 1.30 bits per heavy atom. The van der Waals surface area contributed by atoms with Crippen LogP contribution in [0.15, 0.2) is 48.6 Å². The summed E-state index contributed by atoms with van der Waals surface area (Å²) in [6.45, 7) is 12.2. The van der Waals surface area contributed by atoms with E-state index in [1.54, 1.807) is 0 Å². The van der Waals surface area contributed by atoms with Crippen molar-refractivity contribution in [3.63, 3.8) is 0 Å². The molecular formula is C46H85NO5S. The maximum Gasteiger partial charge on any atom is 0.407 e. The normalized spacial score (nSPS) is 14.5. The van der Waals surface area contributed by atoms with Crippen LogP contribution in [0.5, 0.6) is 0 Å². The molecule has 1 atom stereocenters. The number of carbonyl (C=O) groups excluding carboxylic acids is 1. The summed E-state index contributed by atoms with van der Waals surface area (Å²) < 4.78 is 35.8. The Morgan fingerprint density at radius 2 is 0.943 bits per heavy atom. The Kier molecular flexibility index (Phi) is 32.3. The highest BCUT2D eigenvalue weighted by Gasteiger charge is 2.39. The van der Waals surface area contributed by atoms with Crippen molar-refractivity contribution >= 4 is 16.2 Å². The number of unbranched alkanes of at least 4 members (excludes halogenated alkanes) is 18. The molecule has 0 aromatic rings. The molecule has 310 valence electrons. The number of amides is 1. The van der Waals surface area contributed by atoms with Crippen LogP contribution in [0.2, 0.25) is 0 Å². The van der Waals surface area contributed by atoms with Crippen LogP contribution in [0.1, 0.15) is 208 Å². The molecule has 0 aromatic heterocycles. The molecule has 53 heavy (non-hydrogen) atoms. The molecule has 0 radical (unpaired) electrons. The third-order valence-corrected chi connectivity index (χ3v) is 10.6. The first kappa shape index (κ1) is 51.1. The first-order valence-electron chi connectivity index (χ1n) is 21.8. The molecule has 0 aliphatic rings. The molecule has 0 fully saturated rings. The maximum absolute atomic E-state index is 12.8. The molecule has 1 N–H and O–H groups in total. The fourth-order valence-corrected chi connectivity index (χ4v) is 7.44. The summed E-state index contributed by atoms with van der Waals surface area (Å²) in [4.78, 5) is 12.8. The third kappa shape index (κ3) is 34.4. The van der Waals surface area contributed by atoms with E-state index in [9.17, 15) is 13.2 Å². The van der Waals surface area contributed by atoms with Crippen LogP contribution >= 0.6 is 0 Å². The predicted octanol–water partition coefficient (Wildman–Crippen LogP) is 14.3. The monoisotopic (exact) mass is 764 g/mol.